The third kappa shape index (κ3) is 4.28. The van der Waals surface area contributed by atoms with Crippen LogP contribution >= 0.6 is 11.8 Å². The summed E-state index contributed by atoms with van der Waals surface area (Å²) < 4.78 is 0. The van der Waals surface area contributed by atoms with Crippen molar-refractivity contribution in [1.82, 2.24) is 4.90 Å². The summed E-state index contributed by atoms with van der Waals surface area (Å²) in [6.45, 7) is 1.69. The van der Waals surface area contributed by atoms with E-state index in [2.05, 4.69) is 0 Å². The number of hydrogen-bond donors (Lipinski definition) is 0. The van der Waals surface area contributed by atoms with Gasteiger partial charge in [0.05, 0.1) is 11.4 Å². The van der Waals surface area contributed by atoms with Gasteiger partial charge in [0, 0.05) is 25.3 Å². The molecule has 0 N–H and O–H groups in total. The van der Waals surface area contributed by atoms with E-state index in [1.807, 2.05) is 62.3 Å². The van der Waals surface area contributed by atoms with Crippen molar-refractivity contribution in [2.75, 3.05) is 25.5 Å². The first-order chi connectivity index (χ1) is 12.8. The highest BCUT2D eigenvalue weighted by Gasteiger charge is 2.36. The van der Waals surface area contributed by atoms with Crippen LogP contribution in [0.2, 0.25) is 0 Å². The number of nitrogens with zero attached hydrogens (tertiary/aromatic N) is 2. The average molecular weight is 380 g/mol. The van der Waals surface area contributed by atoms with Crippen LogP contribution in [0.4, 0.5) is 10.5 Å². The maximum atomic E-state index is 12.6. The van der Waals surface area contributed by atoms with Crippen molar-refractivity contribution in [3.63, 3.8) is 0 Å². The number of aryl methyl sites for hydroxylation is 1. The van der Waals surface area contributed by atoms with E-state index in [1.54, 1.807) is 18.2 Å². The molecule has 6 heteroatoms. The summed E-state index contributed by atoms with van der Waals surface area (Å²) >= 11 is 0.863. The van der Waals surface area contributed by atoms with Gasteiger partial charge in [0.15, 0.2) is 5.78 Å². The molecule has 2 amide bonds. The topological polar surface area (TPSA) is 57.7 Å². The number of benzene rings is 2. The summed E-state index contributed by atoms with van der Waals surface area (Å²) in [5, 5.41) is -0.420. The molecule has 5 nitrogen and oxygen atoms in total. The van der Waals surface area contributed by atoms with Gasteiger partial charge < -0.3 is 4.90 Å². The number of carbonyl (C=O) groups is 3. The van der Waals surface area contributed by atoms with E-state index >= 15 is 0 Å². The normalized spacial score (nSPS) is 15.5. The fourth-order valence-electron chi connectivity index (χ4n) is 2.63. The van der Waals surface area contributed by atoms with Gasteiger partial charge in [-0.25, -0.2) is 0 Å². The molecule has 1 fully saturated rings. The molecule has 1 aliphatic rings. The molecular weight excluding hydrogens is 360 g/mol. The second kappa shape index (κ2) is 7.80. The van der Waals surface area contributed by atoms with Gasteiger partial charge in [0.2, 0.25) is 0 Å². The highest BCUT2D eigenvalue weighted by atomic mass is 32.2. The van der Waals surface area contributed by atoms with Crippen molar-refractivity contribution < 1.29 is 14.4 Å². The molecule has 0 aliphatic carbocycles. The van der Waals surface area contributed by atoms with E-state index in [4.69, 9.17) is 0 Å². The third-order valence-electron chi connectivity index (χ3n) is 4.26. The number of thioether (sulfide) groups is 1. The fourth-order valence-corrected chi connectivity index (χ4v) is 3.47. The predicted molar refractivity (Wildman–Crippen MR) is 109 cm³/mol. The number of anilines is 1. The Morgan fingerprint density at radius 2 is 1.67 bits per heavy atom. The molecule has 1 heterocycles. The number of amides is 2. The molecule has 2 aromatic carbocycles. The van der Waals surface area contributed by atoms with Crippen molar-refractivity contribution in [2.45, 2.75) is 6.92 Å². The second-order valence-corrected chi connectivity index (χ2v) is 7.54. The van der Waals surface area contributed by atoms with Gasteiger partial charge in [0.1, 0.15) is 0 Å². The first kappa shape index (κ1) is 18.9. The van der Waals surface area contributed by atoms with Gasteiger partial charge in [0.25, 0.3) is 11.1 Å². The molecule has 0 aromatic heterocycles. The Kier molecular flexibility index (Phi) is 5.46. The number of imide groups is 1. The zero-order chi connectivity index (χ0) is 19.6. The van der Waals surface area contributed by atoms with E-state index < -0.39 is 11.1 Å². The molecule has 0 unspecified atom stereocenters. The second-order valence-electron chi connectivity index (χ2n) is 6.54. The molecule has 1 aliphatic heterocycles. The van der Waals surface area contributed by atoms with Gasteiger partial charge in [-0.1, -0.05) is 42.0 Å². The standard InChI is InChI=1S/C21H20N2O3S/c1-14-4-8-16(9-5-14)18(24)13-23-20(25)19(27-21(23)26)12-15-6-10-17(11-7-15)22(2)3/h4-12H,13H2,1-3H3/b19-12-. The van der Waals surface area contributed by atoms with Crippen LogP contribution < -0.4 is 4.90 Å². The summed E-state index contributed by atoms with van der Waals surface area (Å²) in [4.78, 5) is 40.5. The van der Waals surface area contributed by atoms with Gasteiger partial charge in [-0.3, -0.25) is 19.3 Å². The number of Topliss-reactive ketones (excluding diaryl/α,β-unsaturated/α-hetero) is 1. The summed E-state index contributed by atoms with van der Waals surface area (Å²) in [6.07, 6.45) is 1.68. The molecular formula is C21H20N2O3S. The molecule has 0 bridgehead atoms. The van der Waals surface area contributed by atoms with Crippen LogP contribution in [-0.2, 0) is 4.79 Å². The van der Waals surface area contributed by atoms with Crippen molar-refractivity contribution >= 4 is 40.5 Å². The fraction of sp³-hybridized carbons (Fsp3) is 0.190. The molecule has 0 atom stereocenters. The monoisotopic (exact) mass is 380 g/mol. The molecule has 27 heavy (non-hydrogen) atoms. The van der Waals surface area contributed by atoms with Crippen molar-refractivity contribution in [1.29, 1.82) is 0 Å². The van der Waals surface area contributed by atoms with Gasteiger partial charge in [-0.2, -0.15) is 0 Å². The molecule has 0 spiro atoms. The summed E-state index contributed by atoms with van der Waals surface area (Å²) in [6, 6.07) is 14.7. The van der Waals surface area contributed by atoms with E-state index in [0.29, 0.717) is 10.5 Å². The van der Waals surface area contributed by atoms with Crippen LogP contribution in [-0.4, -0.2) is 42.5 Å². The van der Waals surface area contributed by atoms with Crippen LogP contribution in [0.5, 0.6) is 0 Å². The number of carbonyl (C=O) groups excluding carboxylic acids is 3. The molecule has 3 rings (SSSR count). The number of hydrogen-bond acceptors (Lipinski definition) is 5. The SMILES string of the molecule is Cc1ccc(C(=O)CN2C(=O)S/C(=C\c3ccc(N(C)C)cc3)C2=O)cc1. The van der Waals surface area contributed by atoms with E-state index in [-0.39, 0.29) is 12.3 Å². The van der Waals surface area contributed by atoms with Crippen molar-refractivity contribution in [2.24, 2.45) is 0 Å². The lowest BCUT2D eigenvalue weighted by Crippen LogP contribution is -2.33. The van der Waals surface area contributed by atoms with Gasteiger partial charge in [-0.05, 0) is 42.5 Å². The zero-order valence-electron chi connectivity index (χ0n) is 15.4. The Bertz CT molecular complexity index is 915. The van der Waals surface area contributed by atoms with E-state index in [1.165, 1.54) is 0 Å². The summed E-state index contributed by atoms with van der Waals surface area (Å²) in [5.41, 5.74) is 3.41. The van der Waals surface area contributed by atoms with Crippen LogP contribution in [0.25, 0.3) is 6.08 Å². The Balaban J connectivity index is 1.74. The third-order valence-corrected chi connectivity index (χ3v) is 5.16. The molecule has 2 aromatic rings. The first-order valence-corrected chi connectivity index (χ1v) is 9.29. The minimum atomic E-state index is -0.429. The quantitative estimate of drug-likeness (QED) is 0.580. The molecule has 0 saturated carbocycles. The highest BCUT2D eigenvalue weighted by molar-refractivity contribution is 8.18. The minimum Gasteiger partial charge on any atom is -0.378 e. The van der Waals surface area contributed by atoms with Crippen LogP contribution in [0, 0.1) is 6.92 Å². The molecule has 138 valence electrons. The van der Waals surface area contributed by atoms with E-state index in [9.17, 15) is 14.4 Å². The van der Waals surface area contributed by atoms with Crippen molar-refractivity contribution in [3.05, 3.63) is 70.1 Å². The van der Waals surface area contributed by atoms with Gasteiger partial charge in [-0.15, -0.1) is 0 Å². The lowest BCUT2D eigenvalue weighted by atomic mass is 10.1. The van der Waals surface area contributed by atoms with Crippen LogP contribution in [0.3, 0.4) is 0 Å². The maximum Gasteiger partial charge on any atom is 0.293 e. The Morgan fingerprint density at radius 3 is 2.26 bits per heavy atom. The van der Waals surface area contributed by atoms with Crippen LogP contribution in [0.15, 0.2) is 53.4 Å². The smallest absolute Gasteiger partial charge is 0.293 e. The Hall–Kier alpha value is -2.86. The van der Waals surface area contributed by atoms with E-state index in [0.717, 1.165) is 33.5 Å². The largest absolute Gasteiger partial charge is 0.378 e. The average Bonchev–Trinajstić information content (AvgIpc) is 2.90. The van der Waals surface area contributed by atoms with Crippen molar-refractivity contribution in [3.8, 4) is 0 Å². The summed E-state index contributed by atoms with van der Waals surface area (Å²) in [7, 11) is 3.90. The Morgan fingerprint density at radius 1 is 1.04 bits per heavy atom. The lowest BCUT2D eigenvalue weighted by molar-refractivity contribution is -0.122. The number of ketones is 1. The Labute approximate surface area is 162 Å². The highest BCUT2D eigenvalue weighted by Crippen LogP contribution is 2.32. The first-order valence-electron chi connectivity index (χ1n) is 8.48. The van der Waals surface area contributed by atoms with Crippen LogP contribution in [0.1, 0.15) is 21.5 Å². The molecule has 1 saturated heterocycles. The lowest BCUT2D eigenvalue weighted by Gasteiger charge is -2.12. The minimum absolute atomic E-state index is 0.245. The molecule has 0 radical (unpaired) electrons. The van der Waals surface area contributed by atoms with Gasteiger partial charge >= 0.3 is 0 Å². The zero-order valence-corrected chi connectivity index (χ0v) is 16.2. The number of rotatable bonds is 5. The maximum absolute atomic E-state index is 12.6. The summed E-state index contributed by atoms with van der Waals surface area (Å²) in [5.74, 6) is -0.684. The predicted octanol–water partition coefficient (Wildman–Crippen LogP) is 3.98.